The number of thiophene rings is 1. The van der Waals surface area contributed by atoms with Gasteiger partial charge in [0.2, 0.25) is 5.78 Å². The summed E-state index contributed by atoms with van der Waals surface area (Å²) in [5.74, 6) is -1.17. The molecule has 27 heavy (non-hydrogen) atoms. The molecular weight excluding hydrogens is 386 g/mol. The van der Waals surface area contributed by atoms with Gasteiger partial charge in [-0.2, -0.15) is 0 Å². The van der Waals surface area contributed by atoms with E-state index in [0.29, 0.717) is 35.0 Å². The van der Waals surface area contributed by atoms with Gasteiger partial charge in [0.1, 0.15) is 0 Å². The van der Waals surface area contributed by atoms with Gasteiger partial charge in [0.15, 0.2) is 6.61 Å². The minimum absolute atomic E-state index is 0.130. The highest BCUT2D eigenvalue weighted by atomic mass is 35.5. The number of ether oxygens (including phenoxy) is 1. The Morgan fingerprint density at radius 3 is 2.59 bits per heavy atom. The summed E-state index contributed by atoms with van der Waals surface area (Å²) in [4.78, 5) is 40.3. The highest BCUT2D eigenvalue weighted by molar-refractivity contribution is 7.14. The van der Waals surface area contributed by atoms with Gasteiger partial charge in [-0.1, -0.05) is 11.6 Å². The summed E-state index contributed by atoms with van der Waals surface area (Å²) in [6.45, 7) is 2.55. The summed E-state index contributed by atoms with van der Waals surface area (Å²) < 4.78 is 5.22. The number of Topliss-reactive ketones (excluding diaryl/α,β-unsaturated/α-hetero) is 1. The molecule has 0 N–H and O–H groups in total. The molecule has 0 aliphatic carbocycles. The summed E-state index contributed by atoms with van der Waals surface area (Å²) >= 11 is 7.24. The minimum Gasteiger partial charge on any atom is -0.457 e. The molecular formula is C20H20ClNO4S. The molecule has 0 unspecified atom stereocenters. The fourth-order valence-electron chi connectivity index (χ4n) is 3.04. The van der Waals surface area contributed by atoms with Crippen molar-refractivity contribution in [3.8, 4) is 0 Å². The molecule has 1 saturated heterocycles. The van der Waals surface area contributed by atoms with Gasteiger partial charge < -0.3 is 9.64 Å². The molecule has 0 spiro atoms. The molecule has 0 radical (unpaired) electrons. The number of benzene rings is 1. The number of likely N-dealkylation sites (tertiary alicyclic amines) is 1. The van der Waals surface area contributed by atoms with Crippen molar-refractivity contribution in [2.45, 2.75) is 19.8 Å². The van der Waals surface area contributed by atoms with Gasteiger partial charge >= 0.3 is 5.97 Å². The van der Waals surface area contributed by atoms with Gasteiger partial charge in [0.25, 0.3) is 5.91 Å². The van der Waals surface area contributed by atoms with Crippen LogP contribution in [0.15, 0.2) is 36.4 Å². The Bertz CT molecular complexity index is 846. The van der Waals surface area contributed by atoms with Crippen LogP contribution in [0.2, 0.25) is 5.02 Å². The summed E-state index contributed by atoms with van der Waals surface area (Å²) in [6, 6.07) is 10.3. The number of piperidine rings is 1. The number of rotatable bonds is 5. The average molecular weight is 406 g/mol. The lowest BCUT2D eigenvalue weighted by Crippen LogP contribution is -2.43. The lowest BCUT2D eigenvalue weighted by molar-refractivity contribution is -0.148. The third-order valence-corrected chi connectivity index (χ3v) is 5.79. The number of hydrogen-bond acceptors (Lipinski definition) is 5. The van der Waals surface area contributed by atoms with Crippen molar-refractivity contribution in [1.29, 1.82) is 0 Å². The summed E-state index contributed by atoms with van der Waals surface area (Å²) in [6.07, 6.45) is 1.37. The smallest absolute Gasteiger partial charge is 0.311 e. The zero-order valence-electron chi connectivity index (χ0n) is 14.9. The van der Waals surface area contributed by atoms with E-state index in [1.807, 2.05) is 13.0 Å². The Hall–Kier alpha value is -2.18. The highest BCUT2D eigenvalue weighted by Crippen LogP contribution is 2.21. The van der Waals surface area contributed by atoms with Gasteiger partial charge in [0.05, 0.1) is 10.8 Å². The second kappa shape index (κ2) is 8.67. The number of carbonyl (C=O) groups is 3. The number of hydrogen-bond donors (Lipinski definition) is 0. The first-order valence-electron chi connectivity index (χ1n) is 8.75. The monoisotopic (exact) mass is 405 g/mol. The molecule has 7 heteroatoms. The molecule has 2 aromatic rings. The van der Waals surface area contributed by atoms with E-state index in [-0.39, 0.29) is 18.3 Å². The van der Waals surface area contributed by atoms with Crippen LogP contribution in [0.5, 0.6) is 0 Å². The molecule has 5 nitrogen and oxygen atoms in total. The van der Waals surface area contributed by atoms with Gasteiger partial charge in [0, 0.05) is 28.6 Å². The van der Waals surface area contributed by atoms with Crippen molar-refractivity contribution in [3.05, 3.63) is 56.7 Å². The third kappa shape index (κ3) is 4.96. The van der Waals surface area contributed by atoms with Crippen LogP contribution >= 0.6 is 22.9 Å². The molecule has 1 aliphatic heterocycles. The van der Waals surface area contributed by atoms with Crippen molar-refractivity contribution in [2.24, 2.45) is 5.92 Å². The number of ketones is 1. The summed E-state index contributed by atoms with van der Waals surface area (Å²) in [5, 5.41) is 0.567. The lowest BCUT2D eigenvalue weighted by Gasteiger charge is -2.31. The summed E-state index contributed by atoms with van der Waals surface area (Å²) in [5.41, 5.74) is 0.539. The van der Waals surface area contributed by atoms with Gasteiger partial charge in [-0.25, -0.2) is 0 Å². The maximum Gasteiger partial charge on any atom is 0.311 e. The van der Waals surface area contributed by atoms with E-state index < -0.39 is 11.9 Å². The first-order valence-corrected chi connectivity index (χ1v) is 9.94. The Morgan fingerprint density at radius 2 is 1.93 bits per heavy atom. The van der Waals surface area contributed by atoms with E-state index in [4.69, 9.17) is 16.3 Å². The first-order chi connectivity index (χ1) is 12.9. The maximum absolute atomic E-state index is 12.6. The molecule has 1 fully saturated rings. The lowest BCUT2D eigenvalue weighted by atomic mass is 9.97. The predicted molar refractivity (Wildman–Crippen MR) is 104 cm³/mol. The molecule has 3 rings (SSSR count). The fraction of sp³-hybridized carbons (Fsp3) is 0.350. The van der Waals surface area contributed by atoms with Crippen molar-refractivity contribution < 1.29 is 19.1 Å². The van der Waals surface area contributed by atoms with Crippen LogP contribution in [0.4, 0.5) is 0 Å². The summed E-state index contributed by atoms with van der Waals surface area (Å²) in [7, 11) is 0. The van der Waals surface area contributed by atoms with Gasteiger partial charge in [-0.05, 0) is 56.2 Å². The van der Waals surface area contributed by atoms with Crippen molar-refractivity contribution in [3.63, 3.8) is 0 Å². The van der Waals surface area contributed by atoms with Gasteiger partial charge in [-0.3, -0.25) is 14.4 Å². The number of aryl methyl sites for hydroxylation is 1. The number of halogens is 1. The Kier molecular flexibility index (Phi) is 6.29. The molecule has 1 aliphatic rings. The minimum atomic E-state index is -0.426. The third-order valence-electron chi connectivity index (χ3n) is 4.49. The Morgan fingerprint density at radius 1 is 1.19 bits per heavy atom. The maximum atomic E-state index is 12.6. The standard InChI is InChI=1S/C20H20ClNO4S/c1-13-4-9-18(27-13)17(23)12-26-20(25)15-3-2-10-22(11-15)19(24)14-5-7-16(21)8-6-14/h4-9,15H,2-3,10-12H2,1H3/t15-/m0/s1. The van der Waals surface area contributed by atoms with Crippen molar-refractivity contribution in [1.82, 2.24) is 4.90 Å². The molecule has 142 valence electrons. The molecule has 2 heterocycles. The Labute approximate surface area is 166 Å². The molecule has 1 aromatic carbocycles. The molecule has 1 atom stereocenters. The SMILES string of the molecule is Cc1ccc(C(=O)COC(=O)[C@H]2CCCN(C(=O)c3ccc(Cl)cc3)C2)s1. The molecule has 1 aromatic heterocycles. The van der Waals surface area contributed by atoms with Crippen LogP contribution < -0.4 is 0 Å². The van der Waals surface area contributed by atoms with Crippen molar-refractivity contribution in [2.75, 3.05) is 19.7 Å². The number of amides is 1. The highest BCUT2D eigenvalue weighted by Gasteiger charge is 2.30. The molecule has 1 amide bonds. The van der Waals surface area contributed by atoms with E-state index in [9.17, 15) is 14.4 Å². The normalized spacial score (nSPS) is 16.8. The first kappa shape index (κ1) is 19.6. The van der Waals surface area contributed by atoms with E-state index in [2.05, 4.69) is 0 Å². The number of esters is 1. The zero-order valence-corrected chi connectivity index (χ0v) is 16.5. The van der Waals surface area contributed by atoms with E-state index >= 15 is 0 Å². The Balaban J connectivity index is 1.55. The quantitative estimate of drug-likeness (QED) is 0.557. The van der Waals surface area contributed by atoms with Gasteiger partial charge in [-0.15, -0.1) is 11.3 Å². The predicted octanol–water partition coefficient (Wildman–Crippen LogP) is 3.99. The number of carbonyl (C=O) groups excluding carboxylic acids is 3. The molecule has 0 bridgehead atoms. The van der Waals surface area contributed by atoms with Crippen LogP contribution in [0.25, 0.3) is 0 Å². The van der Waals surface area contributed by atoms with Crippen LogP contribution in [0.3, 0.4) is 0 Å². The van der Waals surface area contributed by atoms with E-state index in [1.54, 1.807) is 35.2 Å². The van der Waals surface area contributed by atoms with Crippen LogP contribution in [0.1, 0.15) is 37.7 Å². The van der Waals surface area contributed by atoms with Crippen LogP contribution in [-0.4, -0.2) is 42.3 Å². The average Bonchev–Trinajstić information content (AvgIpc) is 3.12. The fourth-order valence-corrected chi connectivity index (χ4v) is 3.96. The largest absolute Gasteiger partial charge is 0.457 e. The molecule has 0 saturated carbocycles. The van der Waals surface area contributed by atoms with E-state index in [1.165, 1.54) is 11.3 Å². The second-order valence-electron chi connectivity index (χ2n) is 6.54. The second-order valence-corrected chi connectivity index (χ2v) is 8.26. The topological polar surface area (TPSA) is 63.7 Å². The van der Waals surface area contributed by atoms with E-state index in [0.717, 1.165) is 11.3 Å². The van der Waals surface area contributed by atoms with Crippen LogP contribution in [0, 0.1) is 12.8 Å². The van der Waals surface area contributed by atoms with Crippen LogP contribution in [-0.2, 0) is 9.53 Å². The van der Waals surface area contributed by atoms with Crippen molar-refractivity contribution >= 4 is 40.6 Å². The zero-order chi connectivity index (χ0) is 19.4. The number of nitrogens with zero attached hydrogens (tertiary/aromatic N) is 1.